The van der Waals surface area contributed by atoms with E-state index in [1.165, 1.54) is 19.1 Å². The van der Waals surface area contributed by atoms with Crippen LogP contribution in [0.1, 0.15) is 36.2 Å². The lowest BCUT2D eigenvalue weighted by atomic mass is 9.96. The summed E-state index contributed by atoms with van der Waals surface area (Å²) in [5.41, 5.74) is 0.339. The Hall–Kier alpha value is -2.62. The molecule has 5 nitrogen and oxygen atoms in total. The molecule has 0 amide bonds. The van der Waals surface area contributed by atoms with Crippen molar-refractivity contribution < 1.29 is 27.4 Å². The average molecular weight is 520 g/mol. The van der Waals surface area contributed by atoms with Crippen LogP contribution in [-0.2, 0) is 6.42 Å². The van der Waals surface area contributed by atoms with Gasteiger partial charge in [0.25, 0.3) is 0 Å². The van der Waals surface area contributed by atoms with Crippen LogP contribution in [0, 0.1) is 17.6 Å². The number of fused-ring (bicyclic) bond motifs is 3. The molecule has 2 N–H and O–H groups in total. The number of hydrogen-bond donors (Lipinski definition) is 2. The topological polar surface area (TPSA) is 51.7 Å². The number of aromatic amines is 1. The number of benzene rings is 2. The minimum atomic E-state index is -1.94. The van der Waals surface area contributed by atoms with E-state index in [1.54, 1.807) is 4.90 Å². The maximum atomic E-state index is 15.7. The van der Waals surface area contributed by atoms with Gasteiger partial charge in [0.15, 0.2) is 0 Å². The van der Waals surface area contributed by atoms with Crippen molar-refractivity contribution in [2.45, 2.75) is 31.5 Å². The maximum Gasteiger partial charge on any atom is 0.143 e. The Balaban J connectivity index is 1.47. The van der Waals surface area contributed by atoms with Crippen molar-refractivity contribution in [3.05, 3.63) is 64.9 Å². The van der Waals surface area contributed by atoms with Crippen LogP contribution in [0.15, 0.2) is 36.4 Å². The minimum Gasteiger partial charge on any atom is -0.492 e. The van der Waals surface area contributed by atoms with Gasteiger partial charge in [0.1, 0.15) is 29.7 Å². The number of nitrogens with zero attached hydrogens (tertiary/aromatic N) is 2. The molecular formula is C28H33F4N3O2. The smallest absolute Gasteiger partial charge is 0.143 e. The quantitative estimate of drug-likeness (QED) is 0.400. The molecule has 2 atom stereocenters. The molecule has 2 aliphatic rings. The Bertz CT molecular complexity index is 1220. The van der Waals surface area contributed by atoms with Gasteiger partial charge in [0.05, 0.1) is 19.3 Å². The SMILES string of the molecule is CC(F)(CO)CN1CCCc2c([nH]c3ccccc23)[C@@H]1c1c(F)cc(OCCN2CC(CF)C2)cc1F. The minimum absolute atomic E-state index is 0.0586. The molecule has 1 aromatic heterocycles. The normalized spacial score (nSPS) is 20.9. The molecule has 9 heteroatoms. The summed E-state index contributed by atoms with van der Waals surface area (Å²) >= 11 is 0. The average Bonchev–Trinajstić information content (AvgIpc) is 3.11. The molecule has 0 bridgehead atoms. The van der Waals surface area contributed by atoms with Crippen molar-refractivity contribution in [2.24, 2.45) is 5.92 Å². The molecule has 2 aliphatic heterocycles. The third-order valence-electron chi connectivity index (χ3n) is 7.47. The van der Waals surface area contributed by atoms with E-state index in [4.69, 9.17) is 4.74 Å². The third-order valence-corrected chi connectivity index (χ3v) is 7.47. The van der Waals surface area contributed by atoms with Crippen molar-refractivity contribution >= 4 is 10.9 Å². The first-order valence-corrected chi connectivity index (χ1v) is 12.8. The maximum absolute atomic E-state index is 15.7. The fourth-order valence-corrected chi connectivity index (χ4v) is 5.62. The molecule has 2 aromatic carbocycles. The summed E-state index contributed by atoms with van der Waals surface area (Å²) < 4.78 is 64.6. The molecular weight excluding hydrogens is 486 g/mol. The first kappa shape index (κ1) is 26.0. The number of alkyl halides is 2. The van der Waals surface area contributed by atoms with Gasteiger partial charge in [-0.05, 0) is 37.9 Å². The van der Waals surface area contributed by atoms with Gasteiger partial charge in [-0.15, -0.1) is 0 Å². The Morgan fingerprint density at radius 2 is 1.89 bits per heavy atom. The lowest BCUT2D eigenvalue weighted by Crippen LogP contribution is -2.49. The highest BCUT2D eigenvalue weighted by molar-refractivity contribution is 5.85. The monoisotopic (exact) mass is 519 g/mol. The lowest BCUT2D eigenvalue weighted by Gasteiger charge is -2.37. The molecule has 0 saturated carbocycles. The van der Waals surface area contributed by atoms with Gasteiger partial charge in [0.2, 0.25) is 0 Å². The number of aryl methyl sites for hydroxylation is 1. The third kappa shape index (κ3) is 5.35. The molecule has 3 aromatic rings. The van der Waals surface area contributed by atoms with E-state index in [2.05, 4.69) is 4.98 Å². The fraction of sp³-hybridized carbons (Fsp3) is 0.500. The molecule has 1 saturated heterocycles. The van der Waals surface area contributed by atoms with Crippen LogP contribution in [0.2, 0.25) is 0 Å². The second-order valence-electron chi connectivity index (χ2n) is 10.5. The van der Waals surface area contributed by atoms with Crippen molar-refractivity contribution in [3.8, 4) is 5.75 Å². The van der Waals surface area contributed by atoms with E-state index < -0.39 is 30.0 Å². The summed E-state index contributed by atoms with van der Waals surface area (Å²) in [7, 11) is 0. The summed E-state index contributed by atoms with van der Waals surface area (Å²) in [5.74, 6) is -1.42. The van der Waals surface area contributed by atoms with Gasteiger partial charge in [-0.1, -0.05) is 18.2 Å². The van der Waals surface area contributed by atoms with Crippen LogP contribution in [0.5, 0.6) is 5.75 Å². The zero-order chi connectivity index (χ0) is 26.2. The second kappa shape index (κ2) is 10.6. The van der Waals surface area contributed by atoms with Crippen molar-refractivity contribution in [1.29, 1.82) is 0 Å². The van der Waals surface area contributed by atoms with E-state index in [9.17, 15) is 9.50 Å². The summed E-state index contributed by atoms with van der Waals surface area (Å²) in [4.78, 5) is 7.09. The Morgan fingerprint density at radius 1 is 1.16 bits per heavy atom. The van der Waals surface area contributed by atoms with Gasteiger partial charge in [0, 0.05) is 66.4 Å². The number of ether oxygens (including phenoxy) is 1. The lowest BCUT2D eigenvalue weighted by molar-refractivity contribution is 0.0366. The molecule has 3 heterocycles. The molecule has 1 fully saturated rings. The van der Waals surface area contributed by atoms with Crippen LogP contribution in [0.25, 0.3) is 10.9 Å². The van der Waals surface area contributed by atoms with Gasteiger partial charge < -0.3 is 14.8 Å². The summed E-state index contributed by atoms with van der Waals surface area (Å²) in [6, 6.07) is 9.14. The highest BCUT2D eigenvalue weighted by Crippen LogP contribution is 2.41. The Labute approximate surface area is 214 Å². The fourth-order valence-electron chi connectivity index (χ4n) is 5.62. The van der Waals surface area contributed by atoms with E-state index in [-0.39, 0.29) is 37.1 Å². The number of H-pyrrole nitrogens is 1. The van der Waals surface area contributed by atoms with Gasteiger partial charge >= 0.3 is 0 Å². The molecule has 0 radical (unpaired) electrons. The molecule has 200 valence electrons. The van der Waals surface area contributed by atoms with Crippen molar-refractivity contribution in [1.82, 2.24) is 14.8 Å². The second-order valence-corrected chi connectivity index (χ2v) is 10.5. The van der Waals surface area contributed by atoms with Crippen LogP contribution < -0.4 is 4.74 Å². The number of rotatable bonds is 9. The number of aliphatic hydroxyl groups excluding tert-OH is 1. The highest BCUT2D eigenvalue weighted by atomic mass is 19.1. The van der Waals surface area contributed by atoms with Crippen LogP contribution in [0.4, 0.5) is 17.6 Å². The summed E-state index contributed by atoms with van der Waals surface area (Å²) in [5, 5.41) is 10.6. The molecule has 0 spiro atoms. The van der Waals surface area contributed by atoms with Crippen LogP contribution >= 0.6 is 0 Å². The van der Waals surface area contributed by atoms with Crippen LogP contribution in [-0.4, -0.2) is 78.2 Å². The van der Waals surface area contributed by atoms with E-state index >= 15 is 13.2 Å². The predicted octanol–water partition coefficient (Wildman–Crippen LogP) is 4.78. The standard InChI is InChI=1S/C28H33F4N3O2/c1-28(32,17-36)16-35-8-4-6-21-20-5-2-3-7-24(20)33-26(21)27(35)25-22(30)11-19(12-23(25)31)37-10-9-34-14-18(13-29)15-34/h2-3,5,7,11-12,18,27,33,36H,4,6,8-10,13-17H2,1H3/t27-,28?/m0/s1. The number of para-hydroxylation sites is 1. The molecule has 0 aliphatic carbocycles. The van der Waals surface area contributed by atoms with Crippen molar-refractivity contribution in [2.75, 3.05) is 52.6 Å². The van der Waals surface area contributed by atoms with Gasteiger partial charge in [-0.25, -0.2) is 13.2 Å². The number of halogens is 4. The van der Waals surface area contributed by atoms with E-state index in [0.717, 1.165) is 16.5 Å². The number of nitrogens with one attached hydrogen (secondary N) is 1. The molecule has 37 heavy (non-hydrogen) atoms. The first-order chi connectivity index (χ1) is 17.8. The molecule has 5 rings (SSSR count). The van der Waals surface area contributed by atoms with Crippen molar-refractivity contribution in [3.63, 3.8) is 0 Å². The summed E-state index contributed by atoms with van der Waals surface area (Å²) in [6.45, 7) is 2.58. The highest BCUT2D eigenvalue weighted by Gasteiger charge is 2.38. The zero-order valence-electron chi connectivity index (χ0n) is 21.0. The van der Waals surface area contributed by atoms with E-state index in [1.807, 2.05) is 29.2 Å². The Kier molecular flexibility index (Phi) is 7.47. The number of likely N-dealkylation sites (tertiary alicyclic amines) is 1. The van der Waals surface area contributed by atoms with Crippen LogP contribution in [0.3, 0.4) is 0 Å². The summed E-state index contributed by atoms with van der Waals surface area (Å²) in [6.07, 6.45) is 1.36. The van der Waals surface area contributed by atoms with Gasteiger partial charge in [-0.2, -0.15) is 0 Å². The number of hydrogen-bond acceptors (Lipinski definition) is 4. The number of aromatic nitrogens is 1. The predicted molar refractivity (Wildman–Crippen MR) is 134 cm³/mol. The largest absolute Gasteiger partial charge is 0.492 e. The number of aliphatic hydroxyl groups is 1. The van der Waals surface area contributed by atoms with E-state index in [0.29, 0.717) is 44.7 Å². The molecule has 1 unspecified atom stereocenters. The van der Waals surface area contributed by atoms with Gasteiger partial charge in [-0.3, -0.25) is 14.2 Å². The zero-order valence-corrected chi connectivity index (χ0v) is 21.0. The Morgan fingerprint density at radius 3 is 2.59 bits per heavy atom. The first-order valence-electron chi connectivity index (χ1n) is 12.8.